The maximum atomic E-state index is 13.9. The fourth-order valence-electron chi connectivity index (χ4n) is 5.36. The summed E-state index contributed by atoms with van der Waals surface area (Å²) in [6.07, 6.45) is 1.48. The summed E-state index contributed by atoms with van der Waals surface area (Å²) in [5.41, 5.74) is 3.80. The highest BCUT2D eigenvalue weighted by Gasteiger charge is 2.29. The number of imidazole rings is 1. The number of hydrogen-bond donors (Lipinski definition) is 1. The van der Waals surface area contributed by atoms with Gasteiger partial charge in [0.2, 0.25) is 11.9 Å². The van der Waals surface area contributed by atoms with Gasteiger partial charge in [0.1, 0.15) is 19.0 Å². The predicted molar refractivity (Wildman–Crippen MR) is 144 cm³/mol. The van der Waals surface area contributed by atoms with Crippen molar-refractivity contribution in [3.63, 3.8) is 0 Å². The first kappa shape index (κ1) is 24.3. The molecular weight excluding hydrogens is 483 g/mol. The lowest BCUT2D eigenvalue weighted by atomic mass is 9.95. The maximum absolute atomic E-state index is 13.9. The zero-order valence-corrected chi connectivity index (χ0v) is 21.4. The molecule has 6 rings (SSSR count). The van der Waals surface area contributed by atoms with Crippen LogP contribution in [0.1, 0.15) is 36.9 Å². The van der Waals surface area contributed by atoms with E-state index in [2.05, 4.69) is 14.8 Å². The molecule has 0 spiro atoms. The summed E-state index contributed by atoms with van der Waals surface area (Å²) in [4.78, 5) is 20.3. The molecule has 0 unspecified atom stereocenters. The highest BCUT2D eigenvalue weighted by Crippen LogP contribution is 2.33. The number of aromatic nitrogens is 2. The van der Waals surface area contributed by atoms with Crippen LogP contribution < -0.4 is 19.7 Å². The van der Waals surface area contributed by atoms with E-state index in [9.17, 15) is 9.18 Å². The van der Waals surface area contributed by atoms with E-state index in [0.29, 0.717) is 19.8 Å². The molecule has 4 aromatic rings. The van der Waals surface area contributed by atoms with E-state index in [-0.39, 0.29) is 23.7 Å². The number of amides is 1. The molecule has 1 N–H and O–H groups in total. The fourth-order valence-corrected chi connectivity index (χ4v) is 5.36. The van der Waals surface area contributed by atoms with Gasteiger partial charge in [-0.15, -0.1) is 0 Å². The standard InChI is InChI=1S/C30H31FN4O3/c1-20(23-9-10-27-28(18-23)38-16-15-37-27)32-29(36)22-11-13-34(14-12-22)30-33-25-7-2-3-8-26(25)35(30)19-21-5-4-6-24(31)17-21/h2-10,17-18,20,22H,11-16,19H2,1H3,(H,32,36)/t20-/m0/s1. The average molecular weight is 515 g/mol. The number of rotatable bonds is 6. The topological polar surface area (TPSA) is 68.6 Å². The quantitative estimate of drug-likeness (QED) is 0.388. The smallest absolute Gasteiger partial charge is 0.223 e. The molecule has 38 heavy (non-hydrogen) atoms. The lowest BCUT2D eigenvalue weighted by Crippen LogP contribution is -2.42. The highest BCUT2D eigenvalue weighted by atomic mass is 19.1. The first-order valence-corrected chi connectivity index (χ1v) is 13.2. The van der Waals surface area contributed by atoms with Gasteiger partial charge < -0.3 is 24.3 Å². The fraction of sp³-hybridized carbons (Fsp3) is 0.333. The number of hydrogen-bond acceptors (Lipinski definition) is 5. The average Bonchev–Trinajstić information content (AvgIpc) is 3.31. The Kier molecular flexibility index (Phi) is 6.62. The van der Waals surface area contributed by atoms with Crippen molar-refractivity contribution in [1.29, 1.82) is 0 Å². The molecule has 1 aromatic heterocycles. The monoisotopic (exact) mass is 514 g/mol. The molecule has 0 aliphatic carbocycles. The molecule has 0 bridgehead atoms. The minimum Gasteiger partial charge on any atom is -0.486 e. The Morgan fingerprint density at radius 3 is 2.63 bits per heavy atom. The van der Waals surface area contributed by atoms with Crippen molar-refractivity contribution in [3.8, 4) is 11.5 Å². The van der Waals surface area contributed by atoms with Crippen LogP contribution >= 0.6 is 0 Å². The number of halogens is 1. The van der Waals surface area contributed by atoms with Crippen molar-refractivity contribution < 1.29 is 18.7 Å². The molecule has 1 atom stereocenters. The zero-order chi connectivity index (χ0) is 26.1. The first-order valence-electron chi connectivity index (χ1n) is 13.2. The number of benzene rings is 3. The summed E-state index contributed by atoms with van der Waals surface area (Å²) in [6.45, 7) is 5.06. The summed E-state index contributed by atoms with van der Waals surface area (Å²) in [7, 11) is 0. The second-order valence-electron chi connectivity index (χ2n) is 10.0. The van der Waals surface area contributed by atoms with Gasteiger partial charge in [-0.25, -0.2) is 9.37 Å². The van der Waals surface area contributed by atoms with E-state index in [0.717, 1.165) is 65.5 Å². The molecule has 2 aliphatic rings. The third-order valence-corrected chi connectivity index (χ3v) is 7.44. The van der Waals surface area contributed by atoms with Crippen molar-refractivity contribution in [2.24, 2.45) is 5.92 Å². The molecule has 1 fully saturated rings. The first-order chi connectivity index (χ1) is 18.5. The lowest BCUT2D eigenvalue weighted by molar-refractivity contribution is -0.126. The van der Waals surface area contributed by atoms with Gasteiger partial charge in [0.25, 0.3) is 0 Å². The molecule has 0 saturated carbocycles. The van der Waals surface area contributed by atoms with Crippen LogP contribution in [0.15, 0.2) is 66.7 Å². The van der Waals surface area contributed by atoms with Crippen LogP contribution in [0, 0.1) is 11.7 Å². The van der Waals surface area contributed by atoms with Crippen molar-refractivity contribution in [2.45, 2.75) is 32.4 Å². The van der Waals surface area contributed by atoms with Crippen LogP contribution in [0.4, 0.5) is 10.3 Å². The normalized spacial score (nSPS) is 16.4. The highest BCUT2D eigenvalue weighted by molar-refractivity contribution is 5.80. The SMILES string of the molecule is C[C@H](NC(=O)C1CCN(c2nc3ccccc3n2Cc2cccc(F)c2)CC1)c1ccc2c(c1)OCCO2. The summed E-state index contributed by atoms with van der Waals surface area (Å²) >= 11 is 0. The molecule has 1 saturated heterocycles. The van der Waals surface area contributed by atoms with Crippen molar-refractivity contribution >= 4 is 22.9 Å². The zero-order valence-electron chi connectivity index (χ0n) is 21.4. The van der Waals surface area contributed by atoms with Crippen LogP contribution in [-0.2, 0) is 11.3 Å². The number of para-hydroxylation sites is 2. The minimum absolute atomic E-state index is 0.0630. The number of anilines is 1. The van der Waals surface area contributed by atoms with Crippen LogP contribution in [0.25, 0.3) is 11.0 Å². The molecule has 8 heteroatoms. The minimum atomic E-state index is -0.245. The van der Waals surface area contributed by atoms with E-state index >= 15 is 0 Å². The summed E-state index contributed by atoms with van der Waals surface area (Å²) < 4.78 is 27.3. The van der Waals surface area contributed by atoms with Gasteiger partial charge in [-0.3, -0.25) is 4.79 Å². The van der Waals surface area contributed by atoms with Crippen molar-refractivity contribution in [1.82, 2.24) is 14.9 Å². The van der Waals surface area contributed by atoms with Crippen LogP contribution in [-0.4, -0.2) is 41.8 Å². The summed E-state index contributed by atoms with van der Waals surface area (Å²) in [5, 5.41) is 3.19. The number of carbonyl (C=O) groups is 1. The Morgan fingerprint density at radius 2 is 1.82 bits per heavy atom. The lowest BCUT2D eigenvalue weighted by Gasteiger charge is -2.33. The molecule has 2 aliphatic heterocycles. The van der Waals surface area contributed by atoms with Crippen LogP contribution in [0.2, 0.25) is 0 Å². The van der Waals surface area contributed by atoms with Crippen LogP contribution in [0.3, 0.4) is 0 Å². The van der Waals surface area contributed by atoms with Gasteiger partial charge in [-0.2, -0.15) is 0 Å². The second kappa shape index (κ2) is 10.4. The number of nitrogens with one attached hydrogen (secondary N) is 1. The van der Waals surface area contributed by atoms with E-state index in [1.165, 1.54) is 6.07 Å². The van der Waals surface area contributed by atoms with Gasteiger partial charge in [-0.1, -0.05) is 30.3 Å². The van der Waals surface area contributed by atoms with Gasteiger partial charge in [0.05, 0.1) is 23.6 Å². The van der Waals surface area contributed by atoms with E-state index < -0.39 is 0 Å². The molecule has 3 aromatic carbocycles. The molecular formula is C30H31FN4O3. The predicted octanol–water partition coefficient (Wildman–Crippen LogP) is 5.09. The second-order valence-corrected chi connectivity index (χ2v) is 10.0. The number of ether oxygens (including phenoxy) is 2. The van der Waals surface area contributed by atoms with Crippen LogP contribution in [0.5, 0.6) is 11.5 Å². The molecule has 196 valence electrons. The summed E-state index contributed by atoms with van der Waals surface area (Å²) in [6, 6.07) is 20.4. The number of carbonyl (C=O) groups excluding carboxylic acids is 1. The Hall–Kier alpha value is -4.07. The van der Waals surface area contributed by atoms with Gasteiger partial charge in [0, 0.05) is 19.0 Å². The molecule has 3 heterocycles. The van der Waals surface area contributed by atoms with Crippen molar-refractivity contribution in [2.75, 3.05) is 31.2 Å². The number of fused-ring (bicyclic) bond motifs is 2. The van der Waals surface area contributed by atoms with E-state index in [1.807, 2.05) is 55.5 Å². The molecule has 1 amide bonds. The summed E-state index contributed by atoms with van der Waals surface area (Å²) in [5.74, 6) is 2.09. The van der Waals surface area contributed by atoms with E-state index in [4.69, 9.17) is 14.5 Å². The van der Waals surface area contributed by atoms with E-state index in [1.54, 1.807) is 12.1 Å². The van der Waals surface area contributed by atoms with Gasteiger partial charge in [0.15, 0.2) is 11.5 Å². The Balaban J connectivity index is 1.13. The van der Waals surface area contributed by atoms with Gasteiger partial charge >= 0.3 is 0 Å². The molecule has 0 radical (unpaired) electrons. The Bertz CT molecular complexity index is 1460. The molecule has 7 nitrogen and oxygen atoms in total. The van der Waals surface area contributed by atoms with Gasteiger partial charge in [-0.05, 0) is 67.3 Å². The Morgan fingerprint density at radius 1 is 1.03 bits per heavy atom. The maximum Gasteiger partial charge on any atom is 0.223 e. The third kappa shape index (κ3) is 4.90. The largest absolute Gasteiger partial charge is 0.486 e. The number of piperidine rings is 1. The van der Waals surface area contributed by atoms with Crippen molar-refractivity contribution in [3.05, 3.63) is 83.7 Å². The number of nitrogens with zero attached hydrogens (tertiary/aromatic N) is 3. The third-order valence-electron chi connectivity index (χ3n) is 7.44. The Labute approximate surface area is 221 Å².